The Morgan fingerprint density at radius 2 is 2.25 bits per heavy atom. The van der Waals surface area contributed by atoms with Crippen molar-refractivity contribution in [2.24, 2.45) is 5.92 Å². The minimum atomic E-state index is -0.743. The number of carboxylic acids is 1. The summed E-state index contributed by atoms with van der Waals surface area (Å²) in [7, 11) is 0. The summed E-state index contributed by atoms with van der Waals surface area (Å²) in [5.74, 6) is 0.220. The van der Waals surface area contributed by atoms with Crippen LogP contribution in [0.5, 0.6) is 0 Å². The number of halogens is 1. The van der Waals surface area contributed by atoms with Gasteiger partial charge in [0.15, 0.2) is 0 Å². The average Bonchev–Trinajstić information content (AvgIpc) is 2.42. The van der Waals surface area contributed by atoms with E-state index in [1.165, 1.54) is 17.8 Å². The summed E-state index contributed by atoms with van der Waals surface area (Å²) >= 11 is 1.45. The zero-order chi connectivity index (χ0) is 14.5. The Morgan fingerprint density at radius 3 is 2.95 bits per heavy atom. The number of thioether (sulfide) groups is 1. The van der Waals surface area contributed by atoms with Gasteiger partial charge in [-0.1, -0.05) is 19.1 Å². The Kier molecular flexibility index (Phi) is 5.43. The molecule has 2 rings (SSSR count). The van der Waals surface area contributed by atoms with E-state index in [9.17, 15) is 14.3 Å². The van der Waals surface area contributed by atoms with Crippen molar-refractivity contribution in [3.8, 4) is 0 Å². The van der Waals surface area contributed by atoms with Crippen LogP contribution in [0.4, 0.5) is 4.39 Å². The first kappa shape index (κ1) is 15.3. The van der Waals surface area contributed by atoms with Crippen LogP contribution >= 0.6 is 11.8 Å². The first-order valence-electron chi connectivity index (χ1n) is 6.92. The van der Waals surface area contributed by atoms with Crippen LogP contribution in [-0.4, -0.2) is 40.9 Å². The molecule has 110 valence electrons. The lowest BCUT2D eigenvalue weighted by atomic mass is 9.92. The SMILES string of the molecule is CC1CCN(CCSc2ccccc2F)C(C(=O)O)C1. The molecule has 3 nitrogen and oxygen atoms in total. The third kappa shape index (κ3) is 3.96. The summed E-state index contributed by atoms with van der Waals surface area (Å²) in [5, 5.41) is 9.28. The van der Waals surface area contributed by atoms with Gasteiger partial charge in [0, 0.05) is 17.2 Å². The third-order valence-electron chi connectivity index (χ3n) is 3.73. The van der Waals surface area contributed by atoms with E-state index >= 15 is 0 Å². The average molecular weight is 297 g/mol. The molecule has 1 aromatic carbocycles. The summed E-state index contributed by atoms with van der Waals surface area (Å²) in [6, 6.07) is 6.30. The zero-order valence-electron chi connectivity index (χ0n) is 11.6. The molecule has 0 saturated carbocycles. The van der Waals surface area contributed by atoms with Gasteiger partial charge in [-0.05, 0) is 37.4 Å². The standard InChI is InChI=1S/C15H20FNO2S/c1-11-6-7-17(13(10-11)15(18)19)8-9-20-14-5-3-2-4-12(14)16/h2-5,11,13H,6-10H2,1H3,(H,18,19). The molecule has 1 fully saturated rings. The molecule has 0 aromatic heterocycles. The summed E-state index contributed by atoms with van der Waals surface area (Å²) in [6.07, 6.45) is 1.74. The molecule has 1 saturated heterocycles. The molecule has 2 atom stereocenters. The molecular weight excluding hydrogens is 277 g/mol. The molecule has 1 aromatic rings. The van der Waals surface area contributed by atoms with Gasteiger partial charge in [0.05, 0.1) is 0 Å². The monoisotopic (exact) mass is 297 g/mol. The zero-order valence-corrected chi connectivity index (χ0v) is 12.4. The number of hydrogen-bond donors (Lipinski definition) is 1. The Labute approximate surface area is 123 Å². The first-order chi connectivity index (χ1) is 9.58. The topological polar surface area (TPSA) is 40.5 Å². The number of nitrogens with zero attached hydrogens (tertiary/aromatic N) is 1. The van der Waals surface area contributed by atoms with Gasteiger partial charge in [0.2, 0.25) is 0 Å². The van der Waals surface area contributed by atoms with Gasteiger partial charge in [0.25, 0.3) is 0 Å². The normalized spacial score (nSPS) is 23.7. The number of hydrogen-bond acceptors (Lipinski definition) is 3. The molecule has 0 radical (unpaired) electrons. The minimum Gasteiger partial charge on any atom is -0.480 e. The van der Waals surface area contributed by atoms with Gasteiger partial charge < -0.3 is 5.11 Å². The van der Waals surface area contributed by atoms with E-state index in [4.69, 9.17) is 0 Å². The van der Waals surface area contributed by atoms with Crippen LogP contribution in [0.3, 0.4) is 0 Å². The number of carboxylic acid groups (broad SMARTS) is 1. The van der Waals surface area contributed by atoms with Crippen molar-refractivity contribution in [2.45, 2.75) is 30.7 Å². The van der Waals surface area contributed by atoms with Crippen molar-refractivity contribution < 1.29 is 14.3 Å². The van der Waals surface area contributed by atoms with Crippen molar-refractivity contribution in [1.29, 1.82) is 0 Å². The second kappa shape index (κ2) is 7.09. The Hall–Kier alpha value is -1.07. The fourth-order valence-electron chi connectivity index (χ4n) is 2.55. The molecule has 1 aliphatic rings. The maximum atomic E-state index is 13.5. The number of aliphatic carboxylic acids is 1. The van der Waals surface area contributed by atoms with Crippen LogP contribution in [-0.2, 0) is 4.79 Å². The quantitative estimate of drug-likeness (QED) is 0.848. The van der Waals surface area contributed by atoms with Crippen LogP contribution in [0, 0.1) is 11.7 Å². The van der Waals surface area contributed by atoms with E-state index in [2.05, 4.69) is 6.92 Å². The number of likely N-dealkylation sites (tertiary alicyclic amines) is 1. The van der Waals surface area contributed by atoms with Gasteiger partial charge in [-0.2, -0.15) is 0 Å². The van der Waals surface area contributed by atoms with Gasteiger partial charge in [-0.3, -0.25) is 9.69 Å². The Bertz CT molecular complexity index is 469. The lowest BCUT2D eigenvalue weighted by Gasteiger charge is -2.35. The van der Waals surface area contributed by atoms with Gasteiger partial charge in [-0.25, -0.2) is 4.39 Å². The maximum absolute atomic E-state index is 13.5. The summed E-state index contributed by atoms with van der Waals surface area (Å²) in [6.45, 7) is 3.60. The van der Waals surface area contributed by atoms with Crippen molar-refractivity contribution in [3.05, 3.63) is 30.1 Å². The molecule has 1 N–H and O–H groups in total. The second-order valence-corrected chi connectivity index (χ2v) is 6.44. The van der Waals surface area contributed by atoms with E-state index in [1.807, 2.05) is 11.0 Å². The first-order valence-corrected chi connectivity index (χ1v) is 7.90. The Balaban J connectivity index is 1.86. The van der Waals surface area contributed by atoms with Crippen LogP contribution in [0.2, 0.25) is 0 Å². The van der Waals surface area contributed by atoms with E-state index in [0.717, 1.165) is 13.0 Å². The highest BCUT2D eigenvalue weighted by Crippen LogP contribution is 2.25. The van der Waals surface area contributed by atoms with Crippen LogP contribution in [0.15, 0.2) is 29.2 Å². The largest absolute Gasteiger partial charge is 0.480 e. The van der Waals surface area contributed by atoms with Crippen molar-refractivity contribution in [1.82, 2.24) is 4.90 Å². The Morgan fingerprint density at radius 1 is 1.50 bits per heavy atom. The van der Waals surface area contributed by atoms with E-state index in [1.54, 1.807) is 12.1 Å². The molecule has 0 amide bonds. The maximum Gasteiger partial charge on any atom is 0.320 e. The molecule has 20 heavy (non-hydrogen) atoms. The number of carbonyl (C=O) groups is 1. The van der Waals surface area contributed by atoms with E-state index < -0.39 is 5.97 Å². The highest BCUT2D eigenvalue weighted by atomic mass is 32.2. The lowest BCUT2D eigenvalue weighted by Crippen LogP contribution is -2.47. The molecular formula is C15H20FNO2S. The summed E-state index contributed by atoms with van der Waals surface area (Å²) in [5.41, 5.74) is 0. The van der Waals surface area contributed by atoms with Crippen LogP contribution < -0.4 is 0 Å². The molecule has 2 unspecified atom stereocenters. The van der Waals surface area contributed by atoms with Crippen molar-refractivity contribution >= 4 is 17.7 Å². The predicted molar refractivity (Wildman–Crippen MR) is 78.5 cm³/mol. The molecule has 1 aliphatic heterocycles. The predicted octanol–water partition coefficient (Wildman–Crippen LogP) is 3.10. The highest BCUT2D eigenvalue weighted by Gasteiger charge is 2.31. The highest BCUT2D eigenvalue weighted by molar-refractivity contribution is 7.99. The molecule has 5 heteroatoms. The van der Waals surface area contributed by atoms with Crippen LogP contribution in [0.1, 0.15) is 19.8 Å². The van der Waals surface area contributed by atoms with Gasteiger partial charge >= 0.3 is 5.97 Å². The molecule has 1 heterocycles. The number of piperidine rings is 1. The van der Waals surface area contributed by atoms with Crippen LogP contribution in [0.25, 0.3) is 0 Å². The molecule has 0 spiro atoms. The van der Waals surface area contributed by atoms with Gasteiger partial charge in [-0.15, -0.1) is 11.8 Å². The smallest absolute Gasteiger partial charge is 0.320 e. The van der Waals surface area contributed by atoms with E-state index in [-0.39, 0.29) is 11.9 Å². The fourth-order valence-corrected chi connectivity index (χ4v) is 3.48. The van der Waals surface area contributed by atoms with Crippen molar-refractivity contribution in [3.63, 3.8) is 0 Å². The number of benzene rings is 1. The third-order valence-corrected chi connectivity index (χ3v) is 4.76. The summed E-state index contributed by atoms with van der Waals surface area (Å²) < 4.78 is 13.5. The second-order valence-electron chi connectivity index (χ2n) is 5.30. The molecule has 0 bridgehead atoms. The number of rotatable bonds is 5. The summed E-state index contributed by atoms with van der Waals surface area (Å²) in [4.78, 5) is 13.9. The molecule has 0 aliphatic carbocycles. The lowest BCUT2D eigenvalue weighted by molar-refractivity contribution is -0.145. The fraction of sp³-hybridized carbons (Fsp3) is 0.533. The van der Waals surface area contributed by atoms with Crippen molar-refractivity contribution in [2.75, 3.05) is 18.8 Å². The minimum absolute atomic E-state index is 0.209. The van der Waals surface area contributed by atoms with Gasteiger partial charge in [0.1, 0.15) is 11.9 Å². The van der Waals surface area contributed by atoms with E-state index in [0.29, 0.717) is 29.5 Å².